The van der Waals surface area contributed by atoms with Gasteiger partial charge in [0.05, 0.1) is 0 Å². The number of nitrogens with one attached hydrogen (secondary N) is 1. The number of likely N-dealkylation sites (N-methyl/N-ethyl adjacent to an activating group) is 2. The number of hydrogen-bond acceptors (Lipinski definition) is 4. The summed E-state index contributed by atoms with van der Waals surface area (Å²) in [5.74, 6) is 0.553. The van der Waals surface area contributed by atoms with E-state index in [1.54, 1.807) is 12.4 Å². The third-order valence-corrected chi connectivity index (χ3v) is 3.03. The number of anilines is 1. The Balaban J connectivity index is 2.09. The fourth-order valence-corrected chi connectivity index (χ4v) is 1.85. The van der Waals surface area contributed by atoms with Gasteiger partial charge in [0.1, 0.15) is 0 Å². The van der Waals surface area contributed by atoms with Crippen LogP contribution in [0.3, 0.4) is 0 Å². The van der Waals surface area contributed by atoms with E-state index in [0.29, 0.717) is 11.9 Å². The zero-order valence-corrected chi connectivity index (χ0v) is 10.5. The molecule has 0 bridgehead atoms. The summed E-state index contributed by atoms with van der Waals surface area (Å²) in [5, 5.41) is 3.24. The summed E-state index contributed by atoms with van der Waals surface area (Å²) >= 11 is 0. The summed E-state index contributed by atoms with van der Waals surface area (Å²) in [7, 11) is 1.91. The van der Waals surface area contributed by atoms with E-state index in [2.05, 4.69) is 17.2 Å². The Morgan fingerprint density at radius 3 is 3.00 bits per heavy atom. The Kier molecular flexibility index (Phi) is 3.78. The fourth-order valence-electron chi connectivity index (χ4n) is 1.85. The highest BCUT2D eigenvalue weighted by atomic mass is 16.1. The standard InChI is InChI=1S/C12H20N4O/c1-3-13-6-8-15(2)11-12(17)16(9-7-14-11)10-4-5-10/h7,9-10,13H,3-6,8H2,1-2H3. The van der Waals surface area contributed by atoms with Gasteiger partial charge < -0.3 is 14.8 Å². The van der Waals surface area contributed by atoms with Crippen LogP contribution in [0.2, 0.25) is 0 Å². The normalized spacial score (nSPS) is 14.9. The molecular formula is C12H20N4O. The molecule has 94 valence electrons. The van der Waals surface area contributed by atoms with Crippen molar-refractivity contribution in [2.24, 2.45) is 0 Å². The van der Waals surface area contributed by atoms with Crippen molar-refractivity contribution in [3.63, 3.8) is 0 Å². The molecule has 1 aliphatic carbocycles. The van der Waals surface area contributed by atoms with Gasteiger partial charge in [-0.3, -0.25) is 4.79 Å². The minimum atomic E-state index is 0.0361. The van der Waals surface area contributed by atoms with Gasteiger partial charge in [-0.05, 0) is 19.4 Å². The van der Waals surface area contributed by atoms with Crippen LogP contribution in [-0.4, -0.2) is 36.2 Å². The van der Waals surface area contributed by atoms with Gasteiger partial charge in [0.25, 0.3) is 5.56 Å². The molecule has 17 heavy (non-hydrogen) atoms. The number of nitrogens with zero attached hydrogens (tertiary/aromatic N) is 3. The average Bonchev–Trinajstić information content (AvgIpc) is 3.13. The quantitative estimate of drug-likeness (QED) is 0.736. The lowest BCUT2D eigenvalue weighted by molar-refractivity contribution is 0.674. The summed E-state index contributed by atoms with van der Waals surface area (Å²) in [6.45, 7) is 4.68. The first-order valence-electron chi connectivity index (χ1n) is 6.23. The smallest absolute Gasteiger partial charge is 0.293 e. The molecule has 0 saturated heterocycles. The molecule has 1 N–H and O–H groups in total. The summed E-state index contributed by atoms with van der Waals surface area (Å²) in [4.78, 5) is 18.3. The van der Waals surface area contributed by atoms with Crippen molar-refractivity contribution in [1.82, 2.24) is 14.9 Å². The zero-order valence-electron chi connectivity index (χ0n) is 10.5. The Morgan fingerprint density at radius 2 is 2.35 bits per heavy atom. The van der Waals surface area contributed by atoms with Gasteiger partial charge in [-0.2, -0.15) is 0 Å². The lowest BCUT2D eigenvalue weighted by Gasteiger charge is -2.18. The van der Waals surface area contributed by atoms with Gasteiger partial charge >= 0.3 is 0 Å². The molecule has 0 spiro atoms. The maximum absolute atomic E-state index is 12.2. The number of aromatic nitrogens is 2. The zero-order chi connectivity index (χ0) is 12.3. The van der Waals surface area contributed by atoms with E-state index in [-0.39, 0.29) is 5.56 Å². The lowest BCUT2D eigenvalue weighted by Crippen LogP contribution is -2.35. The highest BCUT2D eigenvalue weighted by molar-refractivity contribution is 5.34. The second-order valence-electron chi connectivity index (χ2n) is 4.47. The molecule has 0 aliphatic heterocycles. The first kappa shape index (κ1) is 12.1. The minimum absolute atomic E-state index is 0.0361. The van der Waals surface area contributed by atoms with E-state index < -0.39 is 0 Å². The van der Waals surface area contributed by atoms with Crippen molar-refractivity contribution in [2.45, 2.75) is 25.8 Å². The molecule has 0 atom stereocenters. The van der Waals surface area contributed by atoms with Gasteiger partial charge in [-0.25, -0.2) is 4.98 Å². The van der Waals surface area contributed by atoms with Crippen molar-refractivity contribution in [2.75, 3.05) is 31.6 Å². The highest BCUT2D eigenvalue weighted by Crippen LogP contribution is 2.33. The van der Waals surface area contributed by atoms with Crippen molar-refractivity contribution in [3.8, 4) is 0 Å². The topological polar surface area (TPSA) is 50.2 Å². The van der Waals surface area contributed by atoms with E-state index in [1.165, 1.54) is 0 Å². The average molecular weight is 236 g/mol. The second kappa shape index (κ2) is 5.31. The molecule has 0 radical (unpaired) electrons. The lowest BCUT2D eigenvalue weighted by atomic mass is 10.4. The molecule has 1 saturated carbocycles. The van der Waals surface area contributed by atoms with Gasteiger partial charge in [0.2, 0.25) is 0 Å². The Hall–Kier alpha value is -1.36. The SMILES string of the molecule is CCNCCN(C)c1nccn(C2CC2)c1=O. The van der Waals surface area contributed by atoms with E-state index in [4.69, 9.17) is 0 Å². The maximum atomic E-state index is 12.2. The molecule has 0 amide bonds. The molecule has 2 rings (SSSR count). The molecule has 0 aromatic carbocycles. The van der Waals surface area contributed by atoms with Crippen LogP contribution in [0.5, 0.6) is 0 Å². The van der Waals surface area contributed by atoms with Crippen LogP contribution in [-0.2, 0) is 0 Å². The molecule has 5 nitrogen and oxygen atoms in total. The Bertz CT molecular complexity index is 425. The predicted molar refractivity (Wildman–Crippen MR) is 68.6 cm³/mol. The summed E-state index contributed by atoms with van der Waals surface area (Å²) in [5.41, 5.74) is 0.0361. The van der Waals surface area contributed by atoms with Crippen LogP contribution in [0.1, 0.15) is 25.8 Å². The monoisotopic (exact) mass is 236 g/mol. The molecule has 5 heteroatoms. The van der Waals surface area contributed by atoms with E-state index in [9.17, 15) is 4.79 Å². The molecule has 1 fully saturated rings. The second-order valence-corrected chi connectivity index (χ2v) is 4.47. The third kappa shape index (κ3) is 2.85. The van der Waals surface area contributed by atoms with Gasteiger partial charge in [-0.15, -0.1) is 0 Å². The summed E-state index contributed by atoms with van der Waals surface area (Å²) < 4.78 is 1.81. The minimum Gasteiger partial charge on any atom is -0.354 e. The fraction of sp³-hybridized carbons (Fsp3) is 0.667. The predicted octanol–water partition coefficient (Wildman–Crippen LogP) is 0.624. The van der Waals surface area contributed by atoms with Crippen LogP contribution in [0.15, 0.2) is 17.2 Å². The largest absolute Gasteiger partial charge is 0.354 e. The first-order chi connectivity index (χ1) is 8.24. The molecule has 0 unspecified atom stereocenters. The Morgan fingerprint density at radius 1 is 1.59 bits per heavy atom. The van der Waals surface area contributed by atoms with Crippen LogP contribution >= 0.6 is 0 Å². The molecule has 1 aromatic heterocycles. The van der Waals surface area contributed by atoms with Crippen molar-refractivity contribution >= 4 is 5.82 Å². The van der Waals surface area contributed by atoms with Crippen molar-refractivity contribution in [3.05, 3.63) is 22.7 Å². The van der Waals surface area contributed by atoms with Gasteiger partial charge in [0, 0.05) is 38.6 Å². The van der Waals surface area contributed by atoms with E-state index in [0.717, 1.165) is 32.5 Å². The Labute approximate surface area is 101 Å². The van der Waals surface area contributed by atoms with Crippen molar-refractivity contribution in [1.29, 1.82) is 0 Å². The third-order valence-electron chi connectivity index (χ3n) is 3.03. The molecule has 1 heterocycles. The first-order valence-corrected chi connectivity index (χ1v) is 6.23. The van der Waals surface area contributed by atoms with Crippen LogP contribution in [0, 0.1) is 0 Å². The highest BCUT2D eigenvalue weighted by Gasteiger charge is 2.25. The van der Waals surface area contributed by atoms with Crippen LogP contribution in [0.25, 0.3) is 0 Å². The summed E-state index contributed by atoms with van der Waals surface area (Å²) in [6, 6.07) is 0.409. The van der Waals surface area contributed by atoms with Gasteiger partial charge in [-0.1, -0.05) is 6.92 Å². The number of hydrogen-bond donors (Lipinski definition) is 1. The van der Waals surface area contributed by atoms with Crippen LogP contribution in [0.4, 0.5) is 5.82 Å². The van der Waals surface area contributed by atoms with Crippen LogP contribution < -0.4 is 15.8 Å². The molecular weight excluding hydrogens is 216 g/mol. The van der Waals surface area contributed by atoms with E-state index in [1.807, 2.05) is 16.5 Å². The van der Waals surface area contributed by atoms with E-state index >= 15 is 0 Å². The van der Waals surface area contributed by atoms with Gasteiger partial charge in [0.15, 0.2) is 5.82 Å². The molecule has 1 aliphatic rings. The maximum Gasteiger partial charge on any atom is 0.293 e. The summed E-state index contributed by atoms with van der Waals surface area (Å²) in [6.07, 6.45) is 5.75. The van der Waals surface area contributed by atoms with Crippen molar-refractivity contribution < 1.29 is 0 Å². The molecule has 1 aromatic rings. The number of rotatable bonds is 6.